The first kappa shape index (κ1) is 11.7. The molecule has 1 aromatic rings. The number of thiazole rings is 1. The first-order valence-electron chi connectivity index (χ1n) is 6.54. The van der Waals surface area contributed by atoms with Gasteiger partial charge in [-0.25, -0.2) is 4.98 Å². The van der Waals surface area contributed by atoms with Crippen LogP contribution in [-0.4, -0.2) is 4.98 Å². The number of nitrogens with two attached hydrogens (primary N) is 1. The summed E-state index contributed by atoms with van der Waals surface area (Å²) in [5, 5.41) is 1.34. The molecule has 2 aliphatic carbocycles. The van der Waals surface area contributed by atoms with Crippen LogP contribution in [0.4, 0.5) is 0 Å². The number of hydrogen-bond donors (Lipinski definition) is 1. The largest absolute Gasteiger partial charge is 0.323 e. The van der Waals surface area contributed by atoms with Crippen LogP contribution in [0.3, 0.4) is 0 Å². The number of fused-ring (bicyclic) bond motifs is 1. The van der Waals surface area contributed by atoms with Gasteiger partial charge in [0, 0.05) is 16.8 Å². The van der Waals surface area contributed by atoms with E-state index in [1.54, 1.807) is 0 Å². The Balaban J connectivity index is 1.93. The summed E-state index contributed by atoms with van der Waals surface area (Å²) in [5.74, 6) is 0.688. The highest BCUT2D eigenvalue weighted by Gasteiger charge is 2.49. The summed E-state index contributed by atoms with van der Waals surface area (Å²) >= 11 is 1.88. The van der Waals surface area contributed by atoms with Crippen molar-refractivity contribution in [3.05, 3.63) is 15.6 Å². The molecule has 0 saturated heterocycles. The molecule has 0 spiro atoms. The van der Waals surface area contributed by atoms with E-state index in [1.165, 1.54) is 22.0 Å². The van der Waals surface area contributed by atoms with Crippen molar-refractivity contribution in [1.29, 1.82) is 0 Å². The molecule has 1 heterocycles. The first-order valence-corrected chi connectivity index (χ1v) is 7.35. The standard InChI is InChI=1S/C14H22N2S/c1-13(2)6-9(15)11-10(7-13)16-12(17-11)8-5-14(8,3)4/h8-9H,5-7,15H2,1-4H3. The Morgan fingerprint density at radius 1 is 1.24 bits per heavy atom. The summed E-state index contributed by atoms with van der Waals surface area (Å²) in [6.07, 6.45) is 3.48. The molecule has 0 amide bonds. The molecule has 0 bridgehead atoms. The van der Waals surface area contributed by atoms with Crippen LogP contribution in [0, 0.1) is 10.8 Å². The van der Waals surface area contributed by atoms with Gasteiger partial charge in [-0.3, -0.25) is 0 Å². The zero-order valence-electron chi connectivity index (χ0n) is 11.2. The van der Waals surface area contributed by atoms with Crippen molar-refractivity contribution in [1.82, 2.24) is 4.98 Å². The van der Waals surface area contributed by atoms with Gasteiger partial charge < -0.3 is 5.73 Å². The number of hydrogen-bond acceptors (Lipinski definition) is 3. The lowest BCUT2D eigenvalue weighted by atomic mass is 9.77. The van der Waals surface area contributed by atoms with Crippen molar-refractivity contribution in [2.75, 3.05) is 0 Å². The summed E-state index contributed by atoms with van der Waals surface area (Å²) < 4.78 is 0. The molecule has 1 fully saturated rings. The fourth-order valence-corrected chi connectivity index (χ4v) is 4.45. The van der Waals surface area contributed by atoms with Crippen LogP contribution in [-0.2, 0) is 6.42 Å². The Morgan fingerprint density at radius 2 is 1.88 bits per heavy atom. The van der Waals surface area contributed by atoms with Crippen molar-refractivity contribution < 1.29 is 0 Å². The predicted molar refractivity (Wildman–Crippen MR) is 72.3 cm³/mol. The topological polar surface area (TPSA) is 38.9 Å². The van der Waals surface area contributed by atoms with E-state index in [-0.39, 0.29) is 6.04 Å². The van der Waals surface area contributed by atoms with E-state index in [1.807, 2.05) is 11.3 Å². The van der Waals surface area contributed by atoms with Crippen molar-refractivity contribution in [3.8, 4) is 0 Å². The van der Waals surface area contributed by atoms with Gasteiger partial charge >= 0.3 is 0 Å². The smallest absolute Gasteiger partial charge is 0.0968 e. The number of nitrogens with zero attached hydrogens (tertiary/aromatic N) is 1. The summed E-state index contributed by atoms with van der Waals surface area (Å²) in [6, 6.07) is 0.210. The van der Waals surface area contributed by atoms with Gasteiger partial charge in [0.2, 0.25) is 0 Å². The Kier molecular flexibility index (Phi) is 2.28. The highest BCUT2D eigenvalue weighted by atomic mass is 32.1. The van der Waals surface area contributed by atoms with Crippen LogP contribution in [0.25, 0.3) is 0 Å². The minimum Gasteiger partial charge on any atom is -0.323 e. The molecule has 2 aliphatic rings. The molecule has 2 unspecified atom stereocenters. The average molecular weight is 250 g/mol. The molecule has 94 valence electrons. The quantitative estimate of drug-likeness (QED) is 0.826. The molecule has 17 heavy (non-hydrogen) atoms. The fourth-order valence-electron chi connectivity index (χ4n) is 3.05. The van der Waals surface area contributed by atoms with E-state index in [4.69, 9.17) is 10.7 Å². The maximum absolute atomic E-state index is 6.29. The second-order valence-corrected chi connectivity index (χ2v) is 8.32. The molecule has 0 aliphatic heterocycles. The number of aromatic nitrogens is 1. The van der Waals surface area contributed by atoms with E-state index in [0.29, 0.717) is 16.7 Å². The lowest BCUT2D eigenvalue weighted by molar-refractivity contribution is 0.282. The Morgan fingerprint density at radius 3 is 2.47 bits per heavy atom. The fraction of sp³-hybridized carbons (Fsp3) is 0.786. The summed E-state index contributed by atoms with van der Waals surface area (Å²) in [6.45, 7) is 9.27. The van der Waals surface area contributed by atoms with Crippen LogP contribution in [0.15, 0.2) is 0 Å². The molecule has 3 heteroatoms. The van der Waals surface area contributed by atoms with E-state index >= 15 is 0 Å². The van der Waals surface area contributed by atoms with Crippen LogP contribution in [0.2, 0.25) is 0 Å². The van der Waals surface area contributed by atoms with Gasteiger partial charge in [-0.1, -0.05) is 27.7 Å². The molecule has 1 aromatic heterocycles. The lowest BCUT2D eigenvalue weighted by Crippen LogP contribution is -2.28. The van der Waals surface area contributed by atoms with Crippen molar-refractivity contribution >= 4 is 11.3 Å². The van der Waals surface area contributed by atoms with Crippen LogP contribution in [0.5, 0.6) is 0 Å². The molecular weight excluding hydrogens is 228 g/mol. The van der Waals surface area contributed by atoms with E-state index in [0.717, 1.165) is 12.8 Å². The highest BCUT2D eigenvalue weighted by molar-refractivity contribution is 7.12. The van der Waals surface area contributed by atoms with Crippen molar-refractivity contribution in [2.45, 2.75) is 58.9 Å². The van der Waals surface area contributed by atoms with Gasteiger partial charge in [-0.05, 0) is 30.1 Å². The van der Waals surface area contributed by atoms with E-state index in [2.05, 4.69) is 27.7 Å². The van der Waals surface area contributed by atoms with Gasteiger partial charge in [-0.15, -0.1) is 11.3 Å². The monoisotopic (exact) mass is 250 g/mol. The van der Waals surface area contributed by atoms with Gasteiger partial charge in [0.1, 0.15) is 0 Å². The van der Waals surface area contributed by atoms with Gasteiger partial charge in [0.15, 0.2) is 0 Å². The molecular formula is C14H22N2S. The SMILES string of the molecule is CC1(C)Cc2nc(C3CC3(C)C)sc2C(N)C1. The Hall–Kier alpha value is -0.410. The summed E-state index contributed by atoms with van der Waals surface area (Å²) in [7, 11) is 0. The van der Waals surface area contributed by atoms with E-state index in [9.17, 15) is 0 Å². The average Bonchev–Trinajstić information content (AvgIpc) is 2.63. The third kappa shape index (κ3) is 1.93. The summed E-state index contributed by atoms with van der Waals surface area (Å²) in [5.41, 5.74) is 8.37. The highest BCUT2D eigenvalue weighted by Crippen LogP contribution is 2.60. The van der Waals surface area contributed by atoms with Crippen molar-refractivity contribution in [3.63, 3.8) is 0 Å². The zero-order valence-corrected chi connectivity index (χ0v) is 12.0. The predicted octanol–water partition coefficient (Wildman–Crippen LogP) is 3.63. The molecule has 0 aromatic carbocycles. The second-order valence-electron chi connectivity index (χ2n) is 7.26. The molecule has 2 N–H and O–H groups in total. The third-order valence-corrected chi connectivity index (χ3v) is 5.65. The maximum atomic E-state index is 6.29. The Bertz CT molecular complexity index is 459. The summed E-state index contributed by atoms with van der Waals surface area (Å²) in [4.78, 5) is 6.26. The second kappa shape index (κ2) is 3.33. The molecule has 0 radical (unpaired) electrons. The van der Waals surface area contributed by atoms with Crippen LogP contribution < -0.4 is 5.73 Å². The minimum atomic E-state index is 0.210. The molecule has 2 nitrogen and oxygen atoms in total. The lowest BCUT2D eigenvalue weighted by Gasteiger charge is -2.32. The van der Waals surface area contributed by atoms with Crippen molar-refractivity contribution in [2.24, 2.45) is 16.6 Å². The maximum Gasteiger partial charge on any atom is 0.0968 e. The molecule has 3 rings (SSSR count). The normalized spacial score (nSPS) is 33.2. The van der Waals surface area contributed by atoms with Gasteiger partial charge in [0.25, 0.3) is 0 Å². The minimum absolute atomic E-state index is 0.210. The van der Waals surface area contributed by atoms with Gasteiger partial charge in [0.05, 0.1) is 10.7 Å². The van der Waals surface area contributed by atoms with Crippen LogP contribution in [0.1, 0.15) is 68.1 Å². The third-order valence-electron chi connectivity index (χ3n) is 4.31. The number of rotatable bonds is 1. The Labute approximate surface area is 108 Å². The zero-order chi connectivity index (χ0) is 12.4. The first-order chi connectivity index (χ1) is 7.78. The van der Waals surface area contributed by atoms with Gasteiger partial charge in [-0.2, -0.15) is 0 Å². The van der Waals surface area contributed by atoms with E-state index < -0.39 is 0 Å². The van der Waals surface area contributed by atoms with Crippen LogP contribution >= 0.6 is 11.3 Å². The molecule has 2 atom stereocenters. The molecule has 1 saturated carbocycles.